The SMILES string of the molecule is Cc1ccc(/C=C2\C(=O)Nc3cc(Cl)c(-c4ccc(-c5ccccc5O)cc4)nc32)cc1CC(=O)O. The van der Waals surface area contributed by atoms with Gasteiger partial charge in [-0.15, -0.1) is 0 Å². The number of carbonyl (C=O) groups is 2. The van der Waals surface area contributed by atoms with Crippen molar-refractivity contribution >= 4 is 40.8 Å². The molecule has 0 atom stereocenters. The summed E-state index contributed by atoms with van der Waals surface area (Å²) in [6.45, 7) is 1.85. The lowest BCUT2D eigenvalue weighted by Crippen LogP contribution is -2.04. The van der Waals surface area contributed by atoms with Gasteiger partial charge in [0.2, 0.25) is 0 Å². The maximum Gasteiger partial charge on any atom is 0.307 e. The minimum atomic E-state index is -0.915. The van der Waals surface area contributed by atoms with Crippen molar-refractivity contribution in [1.29, 1.82) is 0 Å². The van der Waals surface area contributed by atoms with E-state index in [1.807, 2.05) is 55.5 Å². The third-order valence-electron chi connectivity index (χ3n) is 6.12. The van der Waals surface area contributed by atoms with E-state index in [2.05, 4.69) is 5.32 Å². The molecule has 3 N–H and O–H groups in total. The number of para-hydroxylation sites is 1. The molecule has 3 aromatic carbocycles. The van der Waals surface area contributed by atoms with Gasteiger partial charge in [0, 0.05) is 11.1 Å². The number of carbonyl (C=O) groups excluding carboxylic acids is 1. The van der Waals surface area contributed by atoms with Crippen molar-refractivity contribution in [2.24, 2.45) is 0 Å². The van der Waals surface area contributed by atoms with E-state index in [4.69, 9.17) is 16.6 Å². The van der Waals surface area contributed by atoms with Crippen LogP contribution < -0.4 is 5.32 Å². The highest BCUT2D eigenvalue weighted by Crippen LogP contribution is 2.38. The van der Waals surface area contributed by atoms with Gasteiger partial charge in [-0.2, -0.15) is 0 Å². The lowest BCUT2D eigenvalue weighted by molar-refractivity contribution is -0.136. The zero-order valence-corrected chi connectivity index (χ0v) is 20.0. The molecule has 0 aliphatic carbocycles. The highest BCUT2D eigenvalue weighted by Gasteiger charge is 2.28. The third kappa shape index (κ3) is 4.46. The molecule has 6 nitrogen and oxygen atoms in total. The Hall–Kier alpha value is -4.42. The van der Waals surface area contributed by atoms with Gasteiger partial charge in [0.25, 0.3) is 5.91 Å². The van der Waals surface area contributed by atoms with Gasteiger partial charge >= 0.3 is 5.97 Å². The predicted molar refractivity (Wildman–Crippen MR) is 141 cm³/mol. The number of nitrogens with one attached hydrogen (secondary N) is 1. The molecule has 1 aliphatic heterocycles. The topological polar surface area (TPSA) is 99.5 Å². The van der Waals surface area contributed by atoms with Crippen molar-refractivity contribution < 1.29 is 19.8 Å². The molecule has 0 fully saturated rings. The molecule has 4 aromatic rings. The molecule has 2 heterocycles. The summed E-state index contributed by atoms with van der Waals surface area (Å²) in [6.07, 6.45) is 1.61. The maximum atomic E-state index is 12.8. The standard InChI is InChI=1S/C29H21ClN2O4/c1-16-6-7-17(12-20(16)14-26(34)35)13-22-28-24(31-29(22)36)15-23(30)27(32-28)19-10-8-18(9-11-19)21-4-2-3-5-25(21)33/h2-13,15,33H,14H2,1H3,(H,31,36)(H,34,35)/b22-13-. The number of halogens is 1. The van der Waals surface area contributed by atoms with Crippen LogP contribution in [0.15, 0.2) is 72.8 Å². The normalized spacial score (nSPS) is 13.5. The number of amides is 1. The molecule has 178 valence electrons. The van der Waals surface area contributed by atoms with Gasteiger partial charge in [0.1, 0.15) is 11.4 Å². The number of benzene rings is 3. The predicted octanol–water partition coefficient (Wildman–Crippen LogP) is 6.20. The van der Waals surface area contributed by atoms with Crippen molar-refractivity contribution in [3.05, 3.63) is 100 Å². The summed E-state index contributed by atoms with van der Waals surface area (Å²) in [5.41, 5.74) is 6.49. The molecule has 0 saturated carbocycles. The van der Waals surface area contributed by atoms with Crippen LogP contribution in [0, 0.1) is 6.92 Å². The van der Waals surface area contributed by atoms with Gasteiger partial charge in [-0.1, -0.05) is 72.3 Å². The van der Waals surface area contributed by atoms with Gasteiger partial charge in [-0.05, 0) is 47.4 Å². The monoisotopic (exact) mass is 496 g/mol. The average molecular weight is 497 g/mol. The van der Waals surface area contributed by atoms with Gasteiger partial charge in [-0.3, -0.25) is 9.59 Å². The summed E-state index contributed by atoms with van der Waals surface area (Å²) in [5, 5.41) is 22.5. The highest BCUT2D eigenvalue weighted by molar-refractivity contribution is 6.37. The number of fused-ring (bicyclic) bond motifs is 1. The number of hydrogen-bond donors (Lipinski definition) is 3. The average Bonchev–Trinajstić information content (AvgIpc) is 3.14. The number of aliphatic carboxylic acids is 1. The van der Waals surface area contributed by atoms with Crippen LogP contribution in [0.1, 0.15) is 22.4 Å². The fourth-order valence-electron chi connectivity index (χ4n) is 4.25. The number of rotatable bonds is 5. The summed E-state index contributed by atoms with van der Waals surface area (Å²) in [4.78, 5) is 28.7. The Kier molecular flexibility index (Phi) is 6.04. The van der Waals surface area contributed by atoms with Crippen LogP contribution in [-0.2, 0) is 16.0 Å². The first-order valence-corrected chi connectivity index (χ1v) is 11.6. The summed E-state index contributed by atoms with van der Waals surface area (Å²) in [7, 11) is 0. The fraction of sp³-hybridized carbons (Fsp3) is 0.0690. The van der Waals surface area contributed by atoms with Crippen molar-refractivity contribution in [1.82, 2.24) is 4.98 Å². The molecule has 0 radical (unpaired) electrons. The molecule has 0 unspecified atom stereocenters. The fourth-order valence-corrected chi connectivity index (χ4v) is 4.51. The van der Waals surface area contributed by atoms with Crippen LogP contribution in [0.3, 0.4) is 0 Å². The number of phenols is 1. The minimum Gasteiger partial charge on any atom is -0.507 e. The number of pyridine rings is 1. The van der Waals surface area contributed by atoms with Crippen molar-refractivity contribution in [2.45, 2.75) is 13.3 Å². The summed E-state index contributed by atoms with van der Waals surface area (Å²) >= 11 is 6.54. The Bertz CT molecular complexity index is 1560. The van der Waals surface area contributed by atoms with Crippen molar-refractivity contribution in [2.75, 3.05) is 5.32 Å². The van der Waals surface area contributed by atoms with E-state index in [-0.39, 0.29) is 18.1 Å². The number of carboxylic acid groups (broad SMARTS) is 1. The van der Waals surface area contributed by atoms with E-state index in [1.165, 1.54) is 0 Å². The van der Waals surface area contributed by atoms with E-state index in [9.17, 15) is 19.8 Å². The summed E-state index contributed by atoms with van der Waals surface area (Å²) in [5.74, 6) is -1.02. The molecule has 36 heavy (non-hydrogen) atoms. The van der Waals surface area contributed by atoms with E-state index in [0.717, 1.165) is 22.3 Å². The number of nitrogens with zero attached hydrogens (tertiary/aromatic N) is 1. The third-order valence-corrected chi connectivity index (χ3v) is 6.41. The van der Waals surface area contributed by atoms with Crippen molar-refractivity contribution in [3.63, 3.8) is 0 Å². The molecule has 7 heteroatoms. The summed E-state index contributed by atoms with van der Waals surface area (Å²) < 4.78 is 0. The van der Waals surface area contributed by atoms with E-state index in [1.54, 1.807) is 30.3 Å². The molecule has 1 aliphatic rings. The number of hydrogen-bond acceptors (Lipinski definition) is 4. The Morgan fingerprint density at radius 1 is 1.00 bits per heavy atom. The second kappa shape index (κ2) is 9.32. The number of anilines is 1. The summed E-state index contributed by atoms with van der Waals surface area (Å²) in [6, 6.07) is 21.7. The lowest BCUT2D eigenvalue weighted by atomic mass is 10.00. The number of phenolic OH excluding ortho intramolecular Hbond substituents is 1. The van der Waals surface area contributed by atoms with E-state index in [0.29, 0.717) is 38.8 Å². The molecule has 0 bridgehead atoms. The Balaban J connectivity index is 1.53. The molecule has 5 rings (SSSR count). The largest absolute Gasteiger partial charge is 0.507 e. The molecular formula is C29H21ClN2O4. The zero-order valence-electron chi connectivity index (χ0n) is 19.2. The molecular weight excluding hydrogens is 476 g/mol. The van der Waals surface area contributed by atoms with Crippen LogP contribution in [0.4, 0.5) is 5.69 Å². The maximum absolute atomic E-state index is 12.8. The van der Waals surface area contributed by atoms with Crippen molar-refractivity contribution in [3.8, 4) is 28.1 Å². The number of aromatic hydroxyl groups is 1. The smallest absolute Gasteiger partial charge is 0.307 e. The van der Waals surface area contributed by atoms with Crippen LogP contribution >= 0.6 is 11.6 Å². The molecule has 0 saturated heterocycles. The van der Waals surface area contributed by atoms with Crippen LogP contribution in [-0.4, -0.2) is 27.1 Å². The Morgan fingerprint density at radius 2 is 1.72 bits per heavy atom. The Labute approximate surface area is 212 Å². The van der Waals surface area contributed by atoms with Crippen LogP contribution in [0.5, 0.6) is 5.75 Å². The number of aromatic nitrogens is 1. The van der Waals surface area contributed by atoms with Gasteiger partial charge in [-0.25, -0.2) is 4.98 Å². The first kappa shape index (κ1) is 23.3. The van der Waals surface area contributed by atoms with Crippen LogP contribution in [0.25, 0.3) is 34.0 Å². The highest BCUT2D eigenvalue weighted by atomic mass is 35.5. The number of aryl methyl sites for hydroxylation is 1. The van der Waals surface area contributed by atoms with Gasteiger partial charge in [0.05, 0.1) is 28.4 Å². The molecule has 0 spiro atoms. The number of carboxylic acids is 1. The second-order valence-corrected chi connectivity index (χ2v) is 8.99. The van der Waals surface area contributed by atoms with E-state index < -0.39 is 5.97 Å². The minimum absolute atomic E-state index is 0.0968. The Morgan fingerprint density at radius 3 is 2.44 bits per heavy atom. The lowest BCUT2D eigenvalue weighted by Gasteiger charge is -2.09. The zero-order chi connectivity index (χ0) is 25.4. The second-order valence-electron chi connectivity index (χ2n) is 8.58. The molecule has 1 aromatic heterocycles. The van der Waals surface area contributed by atoms with Gasteiger partial charge in [0.15, 0.2) is 0 Å². The quantitative estimate of drug-likeness (QED) is 0.285. The first-order chi connectivity index (χ1) is 17.3. The van der Waals surface area contributed by atoms with Gasteiger partial charge < -0.3 is 15.5 Å². The van der Waals surface area contributed by atoms with E-state index >= 15 is 0 Å². The first-order valence-electron chi connectivity index (χ1n) is 11.2. The molecule has 1 amide bonds. The van der Waals surface area contributed by atoms with Crippen LogP contribution in [0.2, 0.25) is 5.02 Å².